The standard InChI is InChI=1S/C19H23N3O2S/c1-13-3-2-4-15(9-13)17-18(20-12-25-17)21-19(23)24-11-16-10-22-7-5-14(16)6-8-22/h2-4,9,12,14,16H,5-8,10-11H2,1H3,(H,21,23). The molecule has 132 valence electrons. The molecule has 3 fully saturated rings. The topological polar surface area (TPSA) is 54.5 Å². The highest BCUT2D eigenvalue weighted by atomic mass is 32.1. The Balaban J connectivity index is 1.36. The summed E-state index contributed by atoms with van der Waals surface area (Å²) in [6.07, 6.45) is 2.06. The van der Waals surface area contributed by atoms with E-state index in [2.05, 4.69) is 34.3 Å². The molecule has 5 rings (SSSR count). The van der Waals surface area contributed by atoms with Gasteiger partial charge in [-0.1, -0.05) is 29.8 Å². The maximum Gasteiger partial charge on any atom is 0.412 e. The molecule has 0 radical (unpaired) electrons. The molecule has 3 aliphatic rings. The zero-order valence-electron chi connectivity index (χ0n) is 14.4. The fourth-order valence-corrected chi connectivity index (χ4v) is 4.66. The molecule has 25 heavy (non-hydrogen) atoms. The maximum atomic E-state index is 12.2. The normalized spacial score (nSPS) is 24.9. The van der Waals surface area contributed by atoms with E-state index < -0.39 is 6.09 Å². The number of amides is 1. The first-order valence-electron chi connectivity index (χ1n) is 8.85. The molecule has 6 heteroatoms. The Morgan fingerprint density at radius 3 is 2.96 bits per heavy atom. The van der Waals surface area contributed by atoms with Crippen LogP contribution in [-0.4, -0.2) is 42.2 Å². The number of aromatic nitrogens is 1. The van der Waals surface area contributed by atoms with Gasteiger partial charge in [0.15, 0.2) is 5.82 Å². The number of hydrogen-bond donors (Lipinski definition) is 1. The predicted molar refractivity (Wildman–Crippen MR) is 99.9 cm³/mol. The number of carbonyl (C=O) groups is 1. The SMILES string of the molecule is Cc1cccc(-c2scnc2NC(=O)OCC2CN3CCC2CC3)c1. The summed E-state index contributed by atoms with van der Waals surface area (Å²) in [6, 6.07) is 8.20. The number of rotatable bonds is 4. The smallest absolute Gasteiger partial charge is 0.412 e. The molecule has 3 saturated heterocycles. The Morgan fingerprint density at radius 1 is 1.40 bits per heavy atom. The minimum atomic E-state index is -0.406. The molecule has 1 atom stereocenters. The molecule has 3 aliphatic heterocycles. The molecule has 1 aromatic carbocycles. The molecule has 0 spiro atoms. The first-order chi connectivity index (χ1) is 12.2. The molecular formula is C19H23N3O2S. The summed E-state index contributed by atoms with van der Waals surface area (Å²) in [4.78, 5) is 20.0. The number of carbonyl (C=O) groups excluding carboxylic acids is 1. The van der Waals surface area contributed by atoms with Crippen LogP contribution in [0.25, 0.3) is 10.4 Å². The van der Waals surface area contributed by atoms with E-state index in [-0.39, 0.29) is 0 Å². The van der Waals surface area contributed by atoms with Gasteiger partial charge >= 0.3 is 6.09 Å². The highest BCUT2D eigenvalue weighted by Gasteiger charge is 2.34. The van der Waals surface area contributed by atoms with Crippen molar-refractivity contribution in [3.05, 3.63) is 35.3 Å². The van der Waals surface area contributed by atoms with Crippen LogP contribution in [0.4, 0.5) is 10.6 Å². The van der Waals surface area contributed by atoms with Gasteiger partial charge in [-0.3, -0.25) is 5.32 Å². The summed E-state index contributed by atoms with van der Waals surface area (Å²) in [5.74, 6) is 1.76. The van der Waals surface area contributed by atoms with Crippen LogP contribution in [0, 0.1) is 18.8 Å². The zero-order chi connectivity index (χ0) is 17.2. The van der Waals surface area contributed by atoms with Gasteiger partial charge in [0.25, 0.3) is 0 Å². The lowest BCUT2D eigenvalue weighted by Gasteiger charge is -2.44. The second-order valence-electron chi connectivity index (χ2n) is 7.02. The lowest BCUT2D eigenvalue weighted by molar-refractivity contribution is 0.0151. The summed E-state index contributed by atoms with van der Waals surface area (Å²) in [6.45, 7) is 6.01. The van der Waals surface area contributed by atoms with Gasteiger partial charge in [0.2, 0.25) is 0 Å². The Labute approximate surface area is 152 Å². The van der Waals surface area contributed by atoms with Gasteiger partial charge in [-0.15, -0.1) is 11.3 Å². The second-order valence-corrected chi connectivity index (χ2v) is 7.88. The second kappa shape index (κ2) is 7.14. The summed E-state index contributed by atoms with van der Waals surface area (Å²) >= 11 is 1.52. The van der Waals surface area contributed by atoms with Crippen molar-refractivity contribution in [1.82, 2.24) is 9.88 Å². The number of hydrogen-bond acceptors (Lipinski definition) is 5. The monoisotopic (exact) mass is 357 g/mol. The van der Waals surface area contributed by atoms with Crippen molar-refractivity contribution in [1.29, 1.82) is 0 Å². The van der Waals surface area contributed by atoms with Crippen molar-refractivity contribution >= 4 is 23.2 Å². The molecule has 2 aromatic rings. The van der Waals surface area contributed by atoms with Crippen molar-refractivity contribution in [3.63, 3.8) is 0 Å². The molecule has 0 saturated carbocycles. The van der Waals surface area contributed by atoms with Gasteiger partial charge in [0, 0.05) is 12.5 Å². The number of nitrogens with one attached hydrogen (secondary N) is 1. The van der Waals surface area contributed by atoms with Gasteiger partial charge in [-0.2, -0.15) is 0 Å². The summed E-state index contributed by atoms with van der Waals surface area (Å²) in [5.41, 5.74) is 4.00. The third kappa shape index (κ3) is 3.70. The third-order valence-corrected chi connectivity index (χ3v) is 6.16. The molecule has 1 aromatic heterocycles. The Kier molecular flexibility index (Phi) is 4.72. The minimum absolute atomic E-state index is 0.406. The van der Waals surface area contributed by atoms with E-state index in [1.165, 1.54) is 42.8 Å². The number of thiazole rings is 1. The largest absolute Gasteiger partial charge is 0.449 e. The number of fused-ring (bicyclic) bond motifs is 3. The molecule has 4 heterocycles. The van der Waals surface area contributed by atoms with Crippen LogP contribution in [0.3, 0.4) is 0 Å². The first-order valence-corrected chi connectivity index (χ1v) is 9.73. The predicted octanol–water partition coefficient (Wildman–Crippen LogP) is 4.01. The summed E-state index contributed by atoms with van der Waals surface area (Å²) in [7, 11) is 0. The van der Waals surface area contributed by atoms with Crippen molar-refractivity contribution in [3.8, 4) is 10.4 Å². The van der Waals surface area contributed by atoms with Gasteiger partial charge in [0.05, 0.1) is 17.0 Å². The Hall–Kier alpha value is -1.92. The quantitative estimate of drug-likeness (QED) is 0.898. The van der Waals surface area contributed by atoms with E-state index in [1.54, 1.807) is 5.51 Å². The van der Waals surface area contributed by atoms with Crippen molar-refractivity contribution in [2.75, 3.05) is 31.6 Å². The van der Waals surface area contributed by atoms with Crippen LogP contribution in [0.15, 0.2) is 29.8 Å². The number of ether oxygens (including phenoxy) is 1. The molecule has 1 unspecified atom stereocenters. The molecule has 1 N–H and O–H groups in total. The van der Waals surface area contributed by atoms with E-state index >= 15 is 0 Å². The number of nitrogens with zero attached hydrogens (tertiary/aromatic N) is 2. The number of benzene rings is 1. The van der Waals surface area contributed by atoms with Crippen molar-refractivity contribution < 1.29 is 9.53 Å². The number of aryl methyl sites for hydroxylation is 1. The van der Waals surface area contributed by atoms with Gasteiger partial charge in [-0.25, -0.2) is 9.78 Å². The maximum absolute atomic E-state index is 12.2. The van der Waals surface area contributed by atoms with E-state index in [4.69, 9.17) is 4.74 Å². The lowest BCUT2D eigenvalue weighted by atomic mass is 9.79. The first kappa shape index (κ1) is 16.5. The number of anilines is 1. The third-order valence-electron chi connectivity index (χ3n) is 5.29. The van der Waals surface area contributed by atoms with E-state index in [0.717, 1.165) is 17.0 Å². The minimum Gasteiger partial charge on any atom is -0.449 e. The molecule has 1 amide bonds. The van der Waals surface area contributed by atoms with Crippen LogP contribution in [0.2, 0.25) is 0 Å². The van der Waals surface area contributed by atoms with Crippen molar-refractivity contribution in [2.45, 2.75) is 19.8 Å². The fourth-order valence-electron chi connectivity index (χ4n) is 3.92. The average Bonchev–Trinajstić information content (AvgIpc) is 3.09. The Morgan fingerprint density at radius 2 is 2.24 bits per heavy atom. The van der Waals surface area contributed by atoms with Crippen LogP contribution in [0.5, 0.6) is 0 Å². The Bertz CT molecular complexity index is 753. The van der Waals surface area contributed by atoms with E-state index in [1.807, 2.05) is 12.1 Å². The van der Waals surface area contributed by atoms with Gasteiger partial charge < -0.3 is 9.64 Å². The van der Waals surface area contributed by atoms with Crippen molar-refractivity contribution in [2.24, 2.45) is 11.8 Å². The molecule has 2 bridgehead atoms. The van der Waals surface area contributed by atoms with Crippen LogP contribution in [0.1, 0.15) is 18.4 Å². The van der Waals surface area contributed by atoms with E-state index in [9.17, 15) is 4.79 Å². The van der Waals surface area contributed by atoms with Gasteiger partial charge in [-0.05, 0) is 44.3 Å². The van der Waals surface area contributed by atoms with Gasteiger partial charge in [0.1, 0.15) is 0 Å². The fraction of sp³-hybridized carbons (Fsp3) is 0.474. The van der Waals surface area contributed by atoms with E-state index in [0.29, 0.717) is 24.3 Å². The zero-order valence-corrected chi connectivity index (χ0v) is 15.2. The highest BCUT2D eigenvalue weighted by Crippen LogP contribution is 2.33. The van der Waals surface area contributed by atoms with Crippen LogP contribution < -0.4 is 5.32 Å². The summed E-state index contributed by atoms with van der Waals surface area (Å²) in [5, 5.41) is 2.82. The van der Waals surface area contributed by atoms with Crippen LogP contribution in [-0.2, 0) is 4.74 Å². The average molecular weight is 357 g/mol. The summed E-state index contributed by atoms with van der Waals surface area (Å²) < 4.78 is 5.51. The number of piperidine rings is 3. The van der Waals surface area contributed by atoms with Crippen LogP contribution >= 0.6 is 11.3 Å². The molecule has 5 nitrogen and oxygen atoms in total. The lowest BCUT2D eigenvalue weighted by Crippen LogP contribution is -2.49. The highest BCUT2D eigenvalue weighted by molar-refractivity contribution is 7.13. The molecular weight excluding hydrogens is 334 g/mol. The molecule has 0 aliphatic carbocycles.